The molecule has 2 aromatic rings. The molecule has 0 bridgehead atoms. The second-order valence-electron chi connectivity index (χ2n) is 4.10. The van der Waals surface area contributed by atoms with Crippen LogP contribution in [0.2, 0.25) is 0 Å². The zero-order chi connectivity index (χ0) is 12.1. The van der Waals surface area contributed by atoms with Crippen molar-refractivity contribution in [1.29, 1.82) is 0 Å². The van der Waals surface area contributed by atoms with Crippen molar-refractivity contribution in [3.63, 3.8) is 0 Å². The number of alkyl halides is 1. The summed E-state index contributed by atoms with van der Waals surface area (Å²) in [5.74, 6) is 1.02. The molecule has 2 aromatic carbocycles. The summed E-state index contributed by atoms with van der Waals surface area (Å²) >= 11 is 9.59. The number of benzene rings is 2. The van der Waals surface area contributed by atoms with E-state index < -0.39 is 0 Å². The summed E-state index contributed by atoms with van der Waals surface area (Å²) < 4.78 is 1.11. The predicted molar refractivity (Wildman–Crippen MR) is 77.7 cm³/mol. The van der Waals surface area contributed by atoms with Crippen LogP contribution in [0.25, 0.3) is 0 Å². The SMILES string of the molecule is ClCC(Cc1ccccc1)c1cccc(Br)c1. The third kappa shape index (κ3) is 3.58. The zero-order valence-corrected chi connectivity index (χ0v) is 11.8. The van der Waals surface area contributed by atoms with Crippen molar-refractivity contribution in [2.45, 2.75) is 12.3 Å². The first-order chi connectivity index (χ1) is 8.29. The minimum absolute atomic E-state index is 0.372. The Balaban J connectivity index is 2.17. The normalized spacial score (nSPS) is 12.4. The standard InChI is InChI=1S/C15H14BrCl/c16-15-8-4-7-13(10-15)14(11-17)9-12-5-2-1-3-6-12/h1-8,10,14H,9,11H2. The molecule has 17 heavy (non-hydrogen) atoms. The summed E-state index contributed by atoms with van der Waals surface area (Å²) in [4.78, 5) is 0. The first-order valence-electron chi connectivity index (χ1n) is 5.65. The van der Waals surface area contributed by atoms with Crippen LogP contribution in [0.1, 0.15) is 17.0 Å². The molecule has 0 aliphatic carbocycles. The molecule has 2 rings (SSSR count). The maximum atomic E-state index is 6.09. The van der Waals surface area contributed by atoms with Gasteiger partial charge in [0.2, 0.25) is 0 Å². The maximum absolute atomic E-state index is 6.09. The van der Waals surface area contributed by atoms with E-state index in [1.807, 2.05) is 12.1 Å². The molecule has 0 N–H and O–H groups in total. The van der Waals surface area contributed by atoms with Crippen LogP contribution < -0.4 is 0 Å². The van der Waals surface area contributed by atoms with Crippen LogP contribution in [0.3, 0.4) is 0 Å². The largest absolute Gasteiger partial charge is 0.126 e. The van der Waals surface area contributed by atoms with Crippen molar-refractivity contribution >= 4 is 27.5 Å². The summed E-state index contributed by atoms with van der Waals surface area (Å²) in [5, 5.41) is 0. The molecule has 0 amide bonds. The molecule has 0 radical (unpaired) electrons. The maximum Gasteiger partial charge on any atom is 0.0295 e. The average molecular weight is 310 g/mol. The Bertz CT molecular complexity index is 467. The van der Waals surface area contributed by atoms with Crippen molar-refractivity contribution in [2.75, 3.05) is 5.88 Å². The van der Waals surface area contributed by atoms with Gasteiger partial charge in [0.15, 0.2) is 0 Å². The van der Waals surface area contributed by atoms with Gasteiger partial charge in [-0.1, -0.05) is 58.4 Å². The van der Waals surface area contributed by atoms with Crippen LogP contribution in [-0.2, 0) is 6.42 Å². The number of rotatable bonds is 4. The second kappa shape index (κ2) is 6.23. The lowest BCUT2D eigenvalue weighted by molar-refractivity contribution is 0.766. The van der Waals surface area contributed by atoms with Crippen LogP contribution in [0.5, 0.6) is 0 Å². The van der Waals surface area contributed by atoms with Crippen LogP contribution in [0.15, 0.2) is 59.1 Å². The lowest BCUT2D eigenvalue weighted by atomic mass is 9.94. The van der Waals surface area contributed by atoms with E-state index in [2.05, 4.69) is 58.4 Å². The predicted octanol–water partition coefficient (Wildman–Crippen LogP) is 5.01. The molecule has 0 spiro atoms. The Hall–Kier alpha value is -0.790. The Morgan fingerprint density at radius 3 is 2.41 bits per heavy atom. The van der Waals surface area contributed by atoms with Crippen LogP contribution in [0, 0.1) is 0 Å². The number of hydrogen-bond acceptors (Lipinski definition) is 0. The Morgan fingerprint density at radius 1 is 1.00 bits per heavy atom. The van der Waals surface area contributed by atoms with Gasteiger partial charge < -0.3 is 0 Å². The highest BCUT2D eigenvalue weighted by molar-refractivity contribution is 9.10. The van der Waals surface area contributed by atoms with E-state index in [1.165, 1.54) is 11.1 Å². The van der Waals surface area contributed by atoms with E-state index in [0.717, 1.165) is 10.9 Å². The third-order valence-electron chi connectivity index (χ3n) is 2.83. The second-order valence-corrected chi connectivity index (χ2v) is 5.32. The Labute approximate surface area is 116 Å². The molecule has 0 fully saturated rings. The molecule has 0 aliphatic heterocycles. The third-order valence-corrected chi connectivity index (χ3v) is 3.70. The molecule has 0 saturated heterocycles. The van der Waals surface area contributed by atoms with Crippen LogP contribution in [0.4, 0.5) is 0 Å². The van der Waals surface area contributed by atoms with Crippen molar-refractivity contribution in [3.8, 4) is 0 Å². The molecule has 0 aliphatic rings. The summed E-state index contributed by atoms with van der Waals surface area (Å²) in [6.45, 7) is 0. The molecule has 0 saturated carbocycles. The van der Waals surface area contributed by atoms with Gasteiger partial charge >= 0.3 is 0 Å². The summed E-state index contributed by atoms with van der Waals surface area (Å²) in [5.41, 5.74) is 2.62. The van der Waals surface area contributed by atoms with E-state index in [-0.39, 0.29) is 0 Å². The molecule has 0 aromatic heterocycles. The highest BCUT2D eigenvalue weighted by atomic mass is 79.9. The fourth-order valence-corrected chi connectivity index (χ4v) is 2.62. The first-order valence-corrected chi connectivity index (χ1v) is 6.97. The lowest BCUT2D eigenvalue weighted by Gasteiger charge is -2.14. The molecule has 88 valence electrons. The van der Waals surface area contributed by atoms with Crippen LogP contribution >= 0.6 is 27.5 Å². The van der Waals surface area contributed by atoms with Gasteiger partial charge in [0.05, 0.1) is 0 Å². The fraction of sp³-hybridized carbons (Fsp3) is 0.200. The summed E-state index contributed by atoms with van der Waals surface area (Å²) in [6.07, 6.45) is 0.987. The molecule has 2 heteroatoms. The Kier molecular flexibility index (Phi) is 4.64. The van der Waals surface area contributed by atoms with Crippen molar-refractivity contribution < 1.29 is 0 Å². The molecule has 1 unspecified atom stereocenters. The Morgan fingerprint density at radius 2 is 1.76 bits per heavy atom. The molecular weight excluding hydrogens is 296 g/mol. The molecule has 0 nitrogen and oxygen atoms in total. The zero-order valence-electron chi connectivity index (χ0n) is 9.44. The van der Waals surface area contributed by atoms with E-state index in [1.54, 1.807) is 0 Å². The minimum atomic E-state index is 0.372. The topological polar surface area (TPSA) is 0 Å². The van der Waals surface area contributed by atoms with Crippen molar-refractivity contribution in [1.82, 2.24) is 0 Å². The first kappa shape index (κ1) is 12.7. The van der Waals surface area contributed by atoms with Crippen LogP contribution in [-0.4, -0.2) is 5.88 Å². The monoisotopic (exact) mass is 308 g/mol. The van der Waals surface area contributed by atoms with Crippen molar-refractivity contribution in [2.24, 2.45) is 0 Å². The molecule has 1 atom stereocenters. The van der Waals surface area contributed by atoms with Gasteiger partial charge in [0, 0.05) is 16.3 Å². The number of hydrogen-bond donors (Lipinski definition) is 0. The minimum Gasteiger partial charge on any atom is -0.126 e. The van der Waals surface area contributed by atoms with E-state index in [9.17, 15) is 0 Å². The van der Waals surface area contributed by atoms with Gasteiger partial charge in [-0.25, -0.2) is 0 Å². The van der Waals surface area contributed by atoms with E-state index >= 15 is 0 Å². The van der Waals surface area contributed by atoms with Gasteiger partial charge in [0.1, 0.15) is 0 Å². The smallest absolute Gasteiger partial charge is 0.0295 e. The number of halogens is 2. The van der Waals surface area contributed by atoms with Gasteiger partial charge in [0.25, 0.3) is 0 Å². The van der Waals surface area contributed by atoms with Gasteiger partial charge in [-0.2, -0.15) is 0 Å². The highest BCUT2D eigenvalue weighted by Gasteiger charge is 2.11. The van der Waals surface area contributed by atoms with Gasteiger partial charge in [-0.3, -0.25) is 0 Å². The summed E-state index contributed by atoms with van der Waals surface area (Å²) in [6, 6.07) is 18.9. The van der Waals surface area contributed by atoms with Crippen molar-refractivity contribution in [3.05, 3.63) is 70.2 Å². The molecule has 0 heterocycles. The van der Waals surface area contributed by atoms with Gasteiger partial charge in [-0.15, -0.1) is 11.6 Å². The fourth-order valence-electron chi connectivity index (χ4n) is 1.92. The highest BCUT2D eigenvalue weighted by Crippen LogP contribution is 2.24. The van der Waals surface area contributed by atoms with E-state index in [4.69, 9.17) is 11.6 Å². The van der Waals surface area contributed by atoms with Gasteiger partial charge in [-0.05, 0) is 29.7 Å². The quantitative estimate of drug-likeness (QED) is 0.696. The lowest BCUT2D eigenvalue weighted by Crippen LogP contribution is -2.04. The summed E-state index contributed by atoms with van der Waals surface area (Å²) in [7, 11) is 0. The van der Waals surface area contributed by atoms with E-state index in [0.29, 0.717) is 11.8 Å². The molecular formula is C15H14BrCl. The average Bonchev–Trinajstić information content (AvgIpc) is 2.37.